The van der Waals surface area contributed by atoms with Crippen molar-refractivity contribution in [3.8, 4) is 0 Å². The molecular formula is C10H12NNaO3S3. The van der Waals surface area contributed by atoms with Crippen LogP contribution in [0.15, 0.2) is 29.8 Å². The molecule has 0 fully saturated rings. The van der Waals surface area contributed by atoms with Gasteiger partial charge in [0.15, 0.2) is 0 Å². The summed E-state index contributed by atoms with van der Waals surface area (Å²) in [5, 5.41) is 0. The minimum Gasteiger partial charge on any atom is -0.748 e. The normalized spacial score (nSPS) is 10.3. The largest absolute Gasteiger partial charge is 1.00 e. The van der Waals surface area contributed by atoms with Crippen LogP contribution >= 0.6 is 24.0 Å². The molecule has 1 heterocycles. The van der Waals surface area contributed by atoms with Crippen LogP contribution in [0.2, 0.25) is 0 Å². The second-order valence-corrected chi connectivity index (χ2v) is 6.02. The summed E-state index contributed by atoms with van der Waals surface area (Å²) in [6.07, 6.45) is 0.342. The fourth-order valence-corrected chi connectivity index (χ4v) is 2.59. The molecule has 2 rings (SSSR count). The van der Waals surface area contributed by atoms with Gasteiger partial charge in [-0.25, -0.2) is 13.4 Å². The second kappa shape index (κ2) is 9.30. The van der Waals surface area contributed by atoms with Crippen LogP contribution in [-0.2, 0) is 10.1 Å². The molecule has 0 saturated heterocycles. The molecule has 0 bridgehead atoms. The standard InChI is InChI=1S/C7H5NS.C3H8O3S2.Na/c1-2-4-7-6(3-1)8-5-9-7;4-8(5,6)3-1-2-7;/h1-5H;7H,1-3H2,(H,4,5,6);/q;;+1/p-1. The fourth-order valence-electron chi connectivity index (χ4n) is 1.04. The summed E-state index contributed by atoms with van der Waals surface area (Å²) in [7, 11) is -3.99. The number of hydrogen-bond donors (Lipinski definition) is 1. The third-order valence-electron chi connectivity index (χ3n) is 1.79. The monoisotopic (exact) mass is 313 g/mol. The SMILES string of the molecule is O=S(=O)([O-])CCCS.[Na+].c1ccc2scnc2c1. The van der Waals surface area contributed by atoms with Crippen molar-refractivity contribution in [3.63, 3.8) is 0 Å². The van der Waals surface area contributed by atoms with E-state index in [1.165, 1.54) is 4.70 Å². The Morgan fingerprint density at radius 2 is 2.00 bits per heavy atom. The third kappa shape index (κ3) is 7.73. The van der Waals surface area contributed by atoms with E-state index in [0.29, 0.717) is 12.2 Å². The van der Waals surface area contributed by atoms with Gasteiger partial charge < -0.3 is 4.55 Å². The number of para-hydroxylation sites is 1. The average molecular weight is 313 g/mol. The van der Waals surface area contributed by atoms with Gasteiger partial charge in [0, 0.05) is 5.75 Å². The molecule has 0 unspecified atom stereocenters. The maximum absolute atomic E-state index is 9.80. The quantitative estimate of drug-likeness (QED) is 0.455. The average Bonchev–Trinajstić information content (AvgIpc) is 2.74. The first-order valence-electron chi connectivity index (χ1n) is 4.85. The minimum absolute atomic E-state index is 0. The maximum atomic E-state index is 9.80. The van der Waals surface area contributed by atoms with Crippen LogP contribution in [0.4, 0.5) is 0 Å². The van der Waals surface area contributed by atoms with Crippen LogP contribution in [0.1, 0.15) is 6.42 Å². The fraction of sp³-hybridized carbons (Fsp3) is 0.300. The van der Waals surface area contributed by atoms with Gasteiger partial charge in [-0.1, -0.05) is 12.1 Å². The van der Waals surface area contributed by atoms with E-state index in [-0.39, 0.29) is 35.3 Å². The zero-order chi connectivity index (χ0) is 12.7. The summed E-state index contributed by atoms with van der Waals surface area (Å²) in [4.78, 5) is 4.14. The van der Waals surface area contributed by atoms with Gasteiger partial charge >= 0.3 is 29.6 Å². The maximum Gasteiger partial charge on any atom is 1.00 e. The smallest absolute Gasteiger partial charge is 0.748 e. The number of fused-ring (bicyclic) bond motifs is 1. The molecular weight excluding hydrogens is 301 g/mol. The van der Waals surface area contributed by atoms with Crippen molar-refractivity contribution in [2.45, 2.75) is 6.42 Å². The Kier molecular flexibility index (Phi) is 9.49. The van der Waals surface area contributed by atoms with Crippen molar-refractivity contribution in [2.24, 2.45) is 0 Å². The zero-order valence-electron chi connectivity index (χ0n) is 9.94. The molecule has 0 aliphatic rings. The summed E-state index contributed by atoms with van der Waals surface area (Å²) in [5.74, 6) is 0.151. The molecule has 0 N–H and O–H groups in total. The molecule has 0 aliphatic heterocycles. The Labute approximate surface area is 138 Å². The first-order valence-corrected chi connectivity index (χ1v) is 7.94. The molecule has 0 atom stereocenters. The van der Waals surface area contributed by atoms with Gasteiger partial charge in [-0.3, -0.25) is 0 Å². The van der Waals surface area contributed by atoms with Crippen molar-refractivity contribution in [3.05, 3.63) is 29.8 Å². The molecule has 4 nitrogen and oxygen atoms in total. The van der Waals surface area contributed by atoms with Crippen molar-refractivity contribution >= 4 is 44.3 Å². The number of rotatable bonds is 3. The van der Waals surface area contributed by atoms with E-state index in [9.17, 15) is 13.0 Å². The molecule has 0 amide bonds. The second-order valence-electron chi connectivity index (χ2n) is 3.16. The molecule has 94 valence electrons. The van der Waals surface area contributed by atoms with Gasteiger partial charge in [-0.15, -0.1) is 11.3 Å². The summed E-state index contributed by atoms with van der Waals surface area (Å²) in [5.41, 5.74) is 2.97. The van der Waals surface area contributed by atoms with Crippen molar-refractivity contribution in [2.75, 3.05) is 11.5 Å². The summed E-state index contributed by atoms with van der Waals surface area (Å²) >= 11 is 5.41. The first kappa shape index (κ1) is 18.4. The minimum atomic E-state index is -3.99. The van der Waals surface area contributed by atoms with Crippen LogP contribution < -0.4 is 29.6 Å². The van der Waals surface area contributed by atoms with E-state index in [4.69, 9.17) is 0 Å². The van der Waals surface area contributed by atoms with Crippen molar-refractivity contribution < 1.29 is 42.5 Å². The van der Waals surface area contributed by atoms with Crippen molar-refractivity contribution in [1.29, 1.82) is 0 Å². The molecule has 1 aromatic heterocycles. The van der Waals surface area contributed by atoms with Gasteiger partial charge in [0.1, 0.15) is 0 Å². The Bertz CT molecular complexity index is 526. The van der Waals surface area contributed by atoms with Crippen LogP contribution in [0.5, 0.6) is 0 Å². The molecule has 0 radical (unpaired) electrons. The molecule has 2 aromatic rings. The number of aromatic nitrogens is 1. The van der Waals surface area contributed by atoms with E-state index >= 15 is 0 Å². The Hall–Kier alpha value is 0.370. The van der Waals surface area contributed by atoms with Crippen LogP contribution in [0.25, 0.3) is 10.2 Å². The molecule has 8 heteroatoms. The molecule has 1 aromatic carbocycles. The molecule has 0 spiro atoms. The van der Waals surface area contributed by atoms with Gasteiger partial charge in [-0.05, 0) is 24.3 Å². The van der Waals surface area contributed by atoms with E-state index < -0.39 is 10.1 Å². The van der Waals surface area contributed by atoms with Crippen LogP contribution in [0, 0.1) is 0 Å². The summed E-state index contributed by atoms with van der Waals surface area (Å²) in [6.45, 7) is 0. The van der Waals surface area contributed by atoms with Gasteiger partial charge in [-0.2, -0.15) is 12.6 Å². The van der Waals surface area contributed by atoms with Gasteiger partial charge in [0.25, 0.3) is 0 Å². The van der Waals surface area contributed by atoms with E-state index in [2.05, 4.69) is 23.7 Å². The molecule has 18 heavy (non-hydrogen) atoms. The van der Waals surface area contributed by atoms with Crippen LogP contribution in [-0.4, -0.2) is 29.5 Å². The molecule has 0 aliphatic carbocycles. The van der Waals surface area contributed by atoms with Crippen molar-refractivity contribution in [1.82, 2.24) is 4.98 Å². The third-order valence-corrected chi connectivity index (χ3v) is 3.70. The summed E-state index contributed by atoms with van der Waals surface area (Å²) in [6, 6.07) is 8.13. The number of thiol groups is 1. The number of nitrogens with zero attached hydrogens (tertiary/aromatic N) is 1. The number of thiazole rings is 1. The van der Waals surface area contributed by atoms with E-state index in [1.54, 1.807) is 11.3 Å². The number of hydrogen-bond acceptors (Lipinski definition) is 6. The van der Waals surface area contributed by atoms with Gasteiger partial charge in [0.2, 0.25) is 0 Å². The molecule has 0 saturated carbocycles. The predicted molar refractivity (Wildman–Crippen MR) is 72.7 cm³/mol. The van der Waals surface area contributed by atoms with E-state index in [1.807, 2.05) is 23.7 Å². The Morgan fingerprint density at radius 1 is 1.33 bits per heavy atom. The van der Waals surface area contributed by atoms with E-state index in [0.717, 1.165) is 5.52 Å². The van der Waals surface area contributed by atoms with Crippen LogP contribution in [0.3, 0.4) is 0 Å². The number of benzene rings is 1. The van der Waals surface area contributed by atoms with Gasteiger partial charge in [0.05, 0.1) is 25.8 Å². The predicted octanol–water partition coefficient (Wildman–Crippen LogP) is -0.848. The zero-order valence-corrected chi connectivity index (χ0v) is 14.5. The summed E-state index contributed by atoms with van der Waals surface area (Å²) < 4.78 is 30.7. The first-order chi connectivity index (χ1) is 8.03. The Balaban J connectivity index is 0.000000308. The topological polar surface area (TPSA) is 70.1 Å². The Morgan fingerprint density at radius 3 is 2.50 bits per heavy atom.